The summed E-state index contributed by atoms with van der Waals surface area (Å²) in [5, 5.41) is 16.5. The minimum atomic E-state index is -0.757. The minimum Gasteiger partial charge on any atom is -0.481 e. The minimum absolute atomic E-state index is 0.575. The van der Waals surface area contributed by atoms with Crippen molar-refractivity contribution in [1.82, 2.24) is 4.98 Å². The molecule has 1 aromatic heterocycles. The second kappa shape index (κ2) is 7.39. The van der Waals surface area contributed by atoms with Crippen LogP contribution < -0.4 is 0 Å². The van der Waals surface area contributed by atoms with Gasteiger partial charge in [-0.25, -0.2) is 0 Å². The molecule has 0 bridgehead atoms. The number of aromatic nitrogens is 1. The molecule has 0 radical (unpaired) electrons. The van der Waals surface area contributed by atoms with Crippen LogP contribution in [0.1, 0.15) is 32.8 Å². The molecule has 4 heteroatoms. The van der Waals surface area contributed by atoms with Crippen LogP contribution in [-0.2, 0) is 11.2 Å². The predicted molar refractivity (Wildman–Crippen MR) is 65.3 cm³/mol. The molecule has 4 nitrogen and oxygen atoms in total. The van der Waals surface area contributed by atoms with Gasteiger partial charge >= 0.3 is 5.97 Å². The number of aliphatic carboxylic acids is 1. The number of carboxylic acid groups (broad SMARTS) is 1. The normalized spacial score (nSPS) is 9.76. The fourth-order valence-electron chi connectivity index (χ4n) is 0.746. The van der Waals surface area contributed by atoms with Crippen molar-refractivity contribution in [1.29, 1.82) is 5.26 Å². The Balaban J connectivity index is 0.000000325. The Bertz CT molecular complexity index is 375. The zero-order chi connectivity index (χ0) is 13.3. The monoisotopic (exact) mass is 234 g/mol. The van der Waals surface area contributed by atoms with Crippen molar-refractivity contribution in [3.05, 3.63) is 30.1 Å². The fourth-order valence-corrected chi connectivity index (χ4v) is 0.746. The second-order valence-electron chi connectivity index (χ2n) is 4.57. The highest BCUT2D eigenvalue weighted by Gasteiger charge is 2.18. The van der Waals surface area contributed by atoms with Gasteiger partial charge in [0, 0.05) is 18.8 Å². The third kappa shape index (κ3) is 7.97. The van der Waals surface area contributed by atoms with Crippen LogP contribution in [-0.4, -0.2) is 16.1 Å². The van der Waals surface area contributed by atoms with Crippen molar-refractivity contribution in [3.8, 4) is 6.07 Å². The van der Waals surface area contributed by atoms with Crippen LogP contribution >= 0.6 is 0 Å². The van der Waals surface area contributed by atoms with Gasteiger partial charge in [-0.3, -0.25) is 9.78 Å². The smallest absolute Gasteiger partial charge is 0.308 e. The standard InChI is InChI=1S/C8H8N2.C5H10O2/c9-5-1-3-8-4-2-6-10-7-8;1-5(2,3)4(6)7/h2,4,6-7H,1,3H2;1-3H3,(H,6,7). The van der Waals surface area contributed by atoms with Gasteiger partial charge < -0.3 is 5.11 Å². The molecule has 1 heterocycles. The molecular formula is C13H18N2O2. The van der Waals surface area contributed by atoms with Gasteiger partial charge in [0.2, 0.25) is 0 Å². The van der Waals surface area contributed by atoms with Crippen LogP contribution in [0.5, 0.6) is 0 Å². The fraction of sp³-hybridized carbons (Fsp3) is 0.462. The lowest BCUT2D eigenvalue weighted by Gasteiger charge is -2.08. The van der Waals surface area contributed by atoms with Gasteiger partial charge in [0.05, 0.1) is 11.5 Å². The average molecular weight is 234 g/mol. The number of nitrogens with zero attached hydrogens (tertiary/aromatic N) is 2. The molecule has 0 unspecified atom stereocenters. The van der Waals surface area contributed by atoms with Crippen molar-refractivity contribution >= 4 is 5.97 Å². The summed E-state index contributed by atoms with van der Waals surface area (Å²) in [6, 6.07) is 5.95. The highest BCUT2D eigenvalue weighted by Crippen LogP contribution is 2.11. The molecule has 0 aliphatic rings. The van der Waals surface area contributed by atoms with E-state index < -0.39 is 11.4 Å². The first-order chi connectivity index (χ1) is 7.88. The van der Waals surface area contributed by atoms with Crippen LogP contribution in [0.15, 0.2) is 24.5 Å². The van der Waals surface area contributed by atoms with Crippen molar-refractivity contribution in [2.24, 2.45) is 5.41 Å². The van der Waals surface area contributed by atoms with E-state index in [1.807, 2.05) is 12.1 Å². The zero-order valence-electron chi connectivity index (χ0n) is 10.5. The topological polar surface area (TPSA) is 74.0 Å². The third-order valence-corrected chi connectivity index (χ3v) is 1.89. The molecule has 1 N–H and O–H groups in total. The SMILES string of the molecule is CC(C)(C)C(=O)O.N#CCCc1cccnc1. The summed E-state index contributed by atoms with van der Waals surface area (Å²) in [6.45, 7) is 4.99. The highest BCUT2D eigenvalue weighted by molar-refractivity contribution is 5.72. The summed E-state index contributed by atoms with van der Waals surface area (Å²) in [5.74, 6) is -0.757. The molecule has 92 valence electrons. The summed E-state index contributed by atoms with van der Waals surface area (Å²) >= 11 is 0. The summed E-state index contributed by atoms with van der Waals surface area (Å²) < 4.78 is 0. The molecule has 1 aromatic rings. The lowest BCUT2D eigenvalue weighted by molar-refractivity contribution is -0.145. The number of pyridine rings is 1. The van der Waals surface area contributed by atoms with Crippen molar-refractivity contribution in [2.45, 2.75) is 33.6 Å². The number of hydrogen-bond acceptors (Lipinski definition) is 3. The Morgan fingerprint density at radius 3 is 2.47 bits per heavy atom. The summed E-state index contributed by atoms with van der Waals surface area (Å²) in [7, 11) is 0. The Morgan fingerprint density at radius 1 is 1.53 bits per heavy atom. The summed E-state index contributed by atoms with van der Waals surface area (Å²) in [4.78, 5) is 13.9. The average Bonchev–Trinajstić information content (AvgIpc) is 2.27. The number of hydrogen-bond donors (Lipinski definition) is 1. The van der Waals surface area contributed by atoms with Gasteiger partial charge in [0.25, 0.3) is 0 Å². The number of carboxylic acids is 1. The molecule has 0 aliphatic carbocycles. The number of nitriles is 1. The molecule has 0 aromatic carbocycles. The van der Waals surface area contributed by atoms with Gasteiger partial charge in [0.15, 0.2) is 0 Å². The van der Waals surface area contributed by atoms with Gasteiger partial charge in [-0.1, -0.05) is 6.07 Å². The largest absolute Gasteiger partial charge is 0.481 e. The van der Waals surface area contributed by atoms with Crippen LogP contribution in [0.25, 0.3) is 0 Å². The molecule has 0 saturated carbocycles. The lowest BCUT2D eigenvalue weighted by Crippen LogP contribution is -2.18. The summed E-state index contributed by atoms with van der Waals surface area (Å²) in [6.07, 6.45) is 4.91. The molecule has 0 spiro atoms. The summed E-state index contributed by atoms with van der Waals surface area (Å²) in [5.41, 5.74) is 0.545. The molecular weight excluding hydrogens is 216 g/mol. The first-order valence-corrected chi connectivity index (χ1v) is 5.37. The molecule has 17 heavy (non-hydrogen) atoms. The van der Waals surface area contributed by atoms with Gasteiger partial charge in [-0.2, -0.15) is 5.26 Å². The molecule has 1 rings (SSSR count). The lowest BCUT2D eigenvalue weighted by atomic mass is 9.98. The maximum atomic E-state index is 10.0. The number of aryl methyl sites for hydroxylation is 1. The molecule has 0 aliphatic heterocycles. The van der Waals surface area contributed by atoms with Crippen LogP contribution in [0.4, 0.5) is 0 Å². The van der Waals surface area contributed by atoms with Gasteiger partial charge in [-0.05, 0) is 38.8 Å². The Labute approximate surface area is 102 Å². The van der Waals surface area contributed by atoms with Crippen molar-refractivity contribution in [3.63, 3.8) is 0 Å². The van der Waals surface area contributed by atoms with Crippen LogP contribution in [0.2, 0.25) is 0 Å². The van der Waals surface area contributed by atoms with E-state index >= 15 is 0 Å². The molecule has 0 saturated heterocycles. The van der Waals surface area contributed by atoms with Crippen LogP contribution in [0, 0.1) is 16.7 Å². The van der Waals surface area contributed by atoms with E-state index in [4.69, 9.17) is 10.4 Å². The Morgan fingerprint density at radius 2 is 2.12 bits per heavy atom. The van der Waals surface area contributed by atoms with Gasteiger partial charge in [-0.15, -0.1) is 0 Å². The number of rotatable bonds is 2. The van der Waals surface area contributed by atoms with E-state index in [1.165, 1.54) is 0 Å². The number of carbonyl (C=O) groups is 1. The first-order valence-electron chi connectivity index (χ1n) is 5.37. The van der Waals surface area contributed by atoms with E-state index in [0.717, 1.165) is 12.0 Å². The van der Waals surface area contributed by atoms with E-state index in [-0.39, 0.29) is 0 Å². The quantitative estimate of drug-likeness (QED) is 0.853. The highest BCUT2D eigenvalue weighted by atomic mass is 16.4. The maximum absolute atomic E-state index is 10.0. The van der Waals surface area contributed by atoms with E-state index in [0.29, 0.717) is 6.42 Å². The maximum Gasteiger partial charge on any atom is 0.308 e. The van der Waals surface area contributed by atoms with Crippen LogP contribution in [0.3, 0.4) is 0 Å². The second-order valence-corrected chi connectivity index (χ2v) is 4.57. The van der Waals surface area contributed by atoms with E-state index in [2.05, 4.69) is 11.1 Å². The third-order valence-electron chi connectivity index (χ3n) is 1.89. The molecule has 0 atom stereocenters. The molecule has 0 fully saturated rings. The van der Waals surface area contributed by atoms with Gasteiger partial charge in [0.1, 0.15) is 0 Å². The Hall–Kier alpha value is -1.89. The molecule has 0 amide bonds. The Kier molecular flexibility index (Phi) is 6.57. The first kappa shape index (κ1) is 15.1. The van der Waals surface area contributed by atoms with E-state index in [1.54, 1.807) is 33.2 Å². The van der Waals surface area contributed by atoms with Crippen molar-refractivity contribution < 1.29 is 9.90 Å². The zero-order valence-corrected chi connectivity index (χ0v) is 10.5. The predicted octanol–water partition coefficient (Wildman–Crippen LogP) is 2.65. The van der Waals surface area contributed by atoms with Crippen molar-refractivity contribution in [2.75, 3.05) is 0 Å². The van der Waals surface area contributed by atoms with E-state index in [9.17, 15) is 4.79 Å².